The van der Waals surface area contributed by atoms with Crippen LogP contribution in [0.25, 0.3) is 0 Å². The molecule has 1 atom stereocenters. The number of nitrogens with one attached hydrogen (secondary N) is 2. The summed E-state index contributed by atoms with van der Waals surface area (Å²) in [6, 6.07) is -0.745. The average Bonchev–Trinajstić information content (AvgIpc) is 2.73. The second-order valence-corrected chi connectivity index (χ2v) is 6.09. The number of carbonyl (C=O) groups excluding carboxylic acids is 1. The van der Waals surface area contributed by atoms with Crippen LogP contribution in [0.5, 0.6) is 0 Å². The highest BCUT2D eigenvalue weighted by Gasteiger charge is 2.32. The summed E-state index contributed by atoms with van der Waals surface area (Å²) in [4.78, 5) is 11.3. The molecule has 1 fully saturated rings. The van der Waals surface area contributed by atoms with Gasteiger partial charge < -0.3 is 5.32 Å². The molecule has 1 aliphatic rings. The molecule has 18 heavy (non-hydrogen) atoms. The van der Waals surface area contributed by atoms with Gasteiger partial charge in [-0.25, -0.2) is 8.42 Å². The Morgan fingerprint density at radius 1 is 1.56 bits per heavy atom. The van der Waals surface area contributed by atoms with Crippen molar-refractivity contribution in [1.82, 2.24) is 19.8 Å². The summed E-state index contributed by atoms with van der Waals surface area (Å²) in [5.74, 6) is -0.323. The summed E-state index contributed by atoms with van der Waals surface area (Å²) >= 11 is 5.90. The third kappa shape index (κ3) is 2.23. The Balaban J connectivity index is 2.34. The van der Waals surface area contributed by atoms with Gasteiger partial charge in [-0.1, -0.05) is 11.6 Å². The first-order chi connectivity index (χ1) is 8.33. The van der Waals surface area contributed by atoms with Crippen LogP contribution in [0.2, 0.25) is 5.15 Å². The quantitative estimate of drug-likeness (QED) is 0.789. The summed E-state index contributed by atoms with van der Waals surface area (Å²) in [5.41, 5.74) is 0.299. The van der Waals surface area contributed by atoms with Crippen molar-refractivity contribution in [3.8, 4) is 0 Å². The Kier molecular flexibility index (Phi) is 3.35. The van der Waals surface area contributed by atoms with E-state index in [0.29, 0.717) is 18.7 Å². The van der Waals surface area contributed by atoms with Crippen LogP contribution < -0.4 is 10.0 Å². The maximum Gasteiger partial charge on any atom is 0.246 e. The Bertz CT molecular complexity index is 595. The minimum absolute atomic E-state index is 0.0263. The van der Waals surface area contributed by atoms with Crippen molar-refractivity contribution in [2.75, 3.05) is 6.54 Å². The number of hydrogen-bond acceptors (Lipinski definition) is 4. The fourth-order valence-electron chi connectivity index (χ4n) is 1.87. The summed E-state index contributed by atoms with van der Waals surface area (Å²) in [5, 5.41) is 6.52. The van der Waals surface area contributed by atoms with Crippen molar-refractivity contribution in [3.05, 3.63) is 10.8 Å². The number of halogens is 1. The Labute approximate surface area is 110 Å². The minimum Gasteiger partial charge on any atom is -0.355 e. The lowest BCUT2D eigenvalue weighted by Crippen LogP contribution is -2.40. The van der Waals surface area contributed by atoms with Gasteiger partial charge in [-0.15, -0.1) is 0 Å². The number of aryl methyl sites for hydroxylation is 2. The highest BCUT2D eigenvalue weighted by atomic mass is 35.5. The lowest BCUT2D eigenvalue weighted by molar-refractivity contribution is -0.120. The van der Waals surface area contributed by atoms with Crippen LogP contribution in [0.15, 0.2) is 4.90 Å². The molecule has 0 bridgehead atoms. The maximum atomic E-state index is 12.2. The molecule has 1 aromatic heterocycles. The predicted octanol–water partition coefficient (Wildman–Crippen LogP) is -0.451. The van der Waals surface area contributed by atoms with E-state index in [1.165, 1.54) is 4.68 Å². The molecule has 1 aliphatic heterocycles. The van der Waals surface area contributed by atoms with E-state index in [-0.39, 0.29) is 16.0 Å². The molecule has 0 aromatic carbocycles. The molecule has 2 rings (SSSR count). The number of rotatable bonds is 3. The zero-order valence-corrected chi connectivity index (χ0v) is 11.5. The van der Waals surface area contributed by atoms with Crippen LogP contribution in [0, 0.1) is 6.92 Å². The van der Waals surface area contributed by atoms with Crippen molar-refractivity contribution >= 4 is 27.5 Å². The van der Waals surface area contributed by atoms with Gasteiger partial charge in [-0.2, -0.15) is 9.82 Å². The SMILES string of the molecule is Cc1nn(C)c(Cl)c1S(=O)(=O)NC1CCNC1=O. The van der Waals surface area contributed by atoms with Gasteiger partial charge >= 0.3 is 0 Å². The summed E-state index contributed by atoms with van der Waals surface area (Å²) in [7, 11) is -2.29. The molecular formula is C9H13ClN4O3S. The smallest absolute Gasteiger partial charge is 0.246 e. The molecule has 0 spiro atoms. The molecular weight excluding hydrogens is 280 g/mol. The lowest BCUT2D eigenvalue weighted by atomic mass is 10.3. The number of carbonyl (C=O) groups is 1. The van der Waals surface area contributed by atoms with Crippen molar-refractivity contribution in [1.29, 1.82) is 0 Å². The third-order valence-electron chi connectivity index (χ3n) is 2.71. The first kappa shape index (κ1) is 13.3. The normalized spacial score (nSPS) is 20.2. The first-order valence-corrected chi connectivity index (χ1v) is 7.18. The number of sulfonamides is 1. The first-order valence-electron chi connectivity index (χ1n) is 5.32. The molecule has 1 aromatic rings. The zero-order valence-electron chi connectivity index (χ0n) is 9.90. The van der Waals surface area contributed by atoms with Crippen LogP contribution in [0.1, 0.15) is 12.1 Å². The second kappa shape index (κ2) is 4.52. The van der Waals surface area contributed by atoms with Gasteiger partial charge in [-0.05, 0) is 13.3 Å². The highest BCUT2D eigenvalue weighted by Crippen LogP contribution is 2.24. The Morgan fingerprint density at radius 2 is 2.22 bits per heavy atom. The van der Waals surface area contributed by atoms with Crippen molar-refractivity contribution in [2.24, 2.45) is 7.05 Å². The molecule has 7 nitrogen and oxygen atoms in total. The fraction of sp³-hybridized carbons (Fsp3) is 0.556. The standard InChI is InChI=1S/C9H13ClN4O3S/c1-5-7(8(10)14(2)12-5)18(16,17)13-6-3-4-11-9(6)15/h6,13H,3-4H2,1-2H3,(H,11,15). The molecule has 1 amide bonds. The van der Waals surface area contributed by atoms with E-state index in [1.54, 1.807) is 14.0 Å². The van der Waals surface area contributed by atoms with E-state index in [0.717, 1.165) is 0 Å². The van der Waals surface area contributed by atoms with E-state index in [4.69, 9.17) is 11.6 Å². The van der Waals surface area contributed by atoms with Crippen LogP contribution in [-0.2, 0) is 21.9 Å². The molecule has 2 N–H and O–H groups in total. The van der Waals surface area contributed by atoms with Crippen molar-refractivity contribution in [2.45, 2.75) is 24.3 Å². The number of nitrogens with zero attached hydrogens (tertiary/aromatic N) is 2. The van der Waals surface area contributed by atoms with Crippen LogP contribution in [-0.4, -0.2) is 36.7 Å². The molecule has 100 valence electrons. The molecule has 9 heteroatoms. The van der Waals surface area contributed by atoms with Crippen LogP contribution in [0.4, 0.5) is 0 Å². The van der Waals surface area contributed by atoms with Gasteiger partial charge in [0.15, 0.2) is 0 Å². The van der Waals surface area contributed by atoms with Gasteiger partial charge in [0, 0.05) is 13.6 Å². The van der Waals surface area contributed by atoms with Crippen LogP contribution >= 0.6 is 11.6 Å². The molecule has 0 saturated carbocycles. The van der Waals surface area contributed by atoms with E-state index in [9.17, 15) is 13.2 Å². The molecule has 1 saturated heterocycles. The van der Waals surface area contributed by atoms with Gasteiger partial charge in [0.05, 0.1) is 5.69 Å². The number of hydrogen-bond donors (Lipinski definition) is 2. The topological polar surface area (TPSA) is 93.1 Å². The zero-order chi connectivity index (χ0) is 13.5. The Morgan fingerprint density at radius 3 is 2.67 bits per heavy atom. The molecule has 0 aliphatic carbocycles. The summed E-state index contributed by atoms with van der Waals surface area (Å²) in [6.07, 6.45) is 0.426. The monoisotopic (exact) mass is 292 g/mol. The second-order valence-electron chi connectivity index (χ2n) is 4.08. The molecule has 0 radical (unpaired) electrons. The minimum atomic E-state index is -3.84. The molecule has 1 unspecified atom stereocenters. The van der Waals surface area contributed by atoms with Gasteiger partial charge in [-0.3, -0.25) is 9.48 Å². The van der Waals surface area contributed by atoms with E-state index in [1.807, 2.05) is 0 Å². The summed E-state index contributed by atoms with van der Waals surface area (Å²) in [6.45, 7) is 2.01. The fourth-order valence-corrected chi connectivity index (χ4v) is 3.85. The van der Waals surface area contributed by atoms with Gasteiger partial charge in [0.1, 0.15) is 16.1 Å². The Hall–Kier alpha value is -1.12. The van der Waals surface area contributed by atoms with Gasteiger partial charge in [0.25, 0.3) is 0 Å². The summed E-state index contributed by atoms with van der Waals surface area (Å²) < 4.78 is 27.9. The van der Waals surface area contributed by atoms with E-state index in [2.05, 4.69) is 15.1 Å². The third-order valence-corrected chi connectivity index (χ3v) is 4.88. The van der Waals surface area contributed by atoms with Crippen molar-refractivity contribution < 1.29 is 13.2 Å². The number of aromatic nitrogens is 2. The van der Waals surface area contributed by atoms with E-state index >= 15 is 0 Å². The highest BCUT2D eigenvalue weighted by molar-refractivity contribution is 7.89. The van der Waals surface area contributed by atoms with Crippen molar-refractivity contribution in [3.63, 3.8) is 0 Å². The predicted molar refractivity (Wildman–Crippen MR) is 64.7 cm³/mol. The van der Waals surface area contributed by atoms with Crippen LogP contribution in [0.3, 0.4) is 0 Å². The average molecular weight is 293 g/mol. The molecule has 2 heterocycles. The van der Waals surface area contributed by atoms with E-state index < -0.39 is 16.1 Å². The van der Waals surface area contributed by atoms with Gasteiger partial charge in [0.2, 0.25) is 15.9 Å². The number of amides is 1. The maximum absolute atomic E-state index is 12.2. The lowest BCUT2D eigenvalue weighted by Gasteiger charge is -2.10. The largest absolute Gasteiger partial charge is 0.355 e.